The summed E-state index contributed by atoms with van der Waals surface area (Å²) in [6.45, 7) is 11.7. The monoisotopic (exact) mass is 288 g/mol. The van der Waals surface area contributed by atoms with E-state index in [-0.39, 0.29) is 0 Å². The molecule has 3 unspecified atom stereocenters. The van der Waals surface area contributed by atoms with Gasteiger partial charge in [0, 0.05) is 31.2 Å². The number of rotatable bonds is 6. The predicted octanol–water partition coefficient (Wildman–Crippen LogP) is 3.72. The molecule has 21 heavy (non-hydrogen) atoms. The third-order valence-electron chi connectivity index (χ3n) is 4.95. The highest BCUT2D eigenvalue weighted by molar-refractivity contribution is 5.16. The summed E-state index contributed by atoms with van der Waals surface area (Å²) in [6.07, 6.45) is 3.64. The number of nitrogens with one attached hydrogen (secondary N) is 1. The van der Waals surface area contributed by atoms with Crippen molar-refractivity contribution in [3.63, 3.8) is 0 Å². The molecule has 0 aliphatic carbocycles. The zero-order valence-electron chi connectivity index (χ0n) is 14.2. The summed E-state index contributed by atoms with van der Waals surface area (Å²) >= 11 is 0. The molecule has 1 aromatic carbocycles. The molecule has 1 aliphatic rings. The Morgan fingerprint density at radius 1 is 1.19 bits per heavy atom. The average molecular weight is 288 g/mol. The summed E-state index contributed by atoms with van der Waals surface area (Å²) in [6, 6.07) is 12.9. The van der Waals surface area contributed by atoms with E-state index in [1.165, 1.54) is 24.9 Å². The molecule has 1 saturated heterocycles. The first-order valence-electron chi connectivity index (χ1n) is 8.68. The first-order valence-corrected chi connectivity index (χ1v) is 8.68. The molecule has 0 bridgehead atoms. The van der Waals surface area contributed by atoms with Gasteiger partial charge >= 0.3 is 0 Å². The molecule has 0 spiro atoms. The molecule has 118 valence electrons. The fraction of sp³-hybridized carbons (Fsp3) is 0.684. The second-order valence-electron chi connectivity index (χ2n) is 6.77. The summed E-state index contributed by atoms with van der Waals surface area (Å²) in [5, 5.41) is 3.77. The van der Waals surface area contributed by atoms with Gasteiger partial charge in [-0.2, -0.15) is 0 Å². The van der Waals surface area contributed by atoms with Crippen LogP contribution in [0.1, 0.15) is 46.1 Å². The van der Waals surface area contributed by atoms with Gasteiger partial charge in [0.15, 0.2) is 0 Å². The van der Waals surface area contributed by atoms with Crippen LogP contribution in [0.2, 0.25) is 0 Å². The third kappa shape index (κ3) is 4.31. The van der Waals surface area contributed by atoms with E-state index in [2.05, 4.69) is 68.2 Å². The molecule has 1 aromatic rings. The van der Waals surface area contributed by atoms with Crippen LogP contribution in [0.15, 0.2) is 30.3 Å². The maximum atomic E-state index is 3.77. The van der Waals surface area contributed by atoms with Gasteiger partial charge in [-0.15, -0.1) is 0 Å². The number of hydrogen-bond donors (Lipinski definition) is 1. The molecule has 2 nitrogen and oxygen atoms in total. The fourth-order valence-electron chi connectivity index (χ4n) is 3.80. The SMILES string of the molecule is CCC1CNC(Cc2ccccc2)CN1C(CC)C(C)C. The van der Waals surface area contributed by atoms with Crippen molar-refractivity contribution in [2.24, 2.45) is 5.92 Å². The van der Waals surface area contributed by atoms with E-state index in [0.29, 0.717) is 12.1 Å². The largest absolute Gasteiger partial charge is 0.311 e. The van der Waals surface area contributed by atoms with Crippen molar-refractivity contribution in [2.45, 2.75) is 65.1 Å². The smallest absolute Gasteiger partial charge is 0.0236 e. The molecule has 1 heterocycles. The van der Waals surface area contributed by atoms with Crippen molar-refractivity contribution < 1.29 is 0 Å². The Bertz CT molecular complexity index is 401. The van der Waals surface area contributed by atoms with Crippen molar-refractivity contribution in [2.75, 3.05) is 13.1 Å². The molecule has 1 aliphatic heterocycles. The highest BCUT2D eigenvalue weighted by Gasteiger charge is 2.32. The molecular formula is C19H32N2. The second kappa shape index (κ2) is 7.95. The molecule has 2 rings (SSSR count). The average Bonchev–Trinajstić information content (AvgIpc) is 2.49. The minimum absolute atomic E-state index is 0.586. The van der Waals surface area contributed by atoms with Crippen molar-refractivity contribution >= 4 is 0 Å². The van der Waals surface area contributed by atoms with Gasteiger partial charge in [-0.05, 0) is 30.7 Å². The minimum atomic E-state index is 0.586. The van der Waals surface area contributed by atoms with Crippen molar-refractivity contribution in [1.29, 1.82) is 0 Å². The van der Waals surface area contributed by atoms with Crippen LogP contribution >= 0.6 is 0 Å². The minimum Gasteiger partial charge on any atom is -0.311 e. The lowest BCUT2D eigenvalue weighted by Gasteiger charge is -2.46. The molecule has 0 saturated carbocycles. The summed E-state index contributed by atoms with van der Waals surface area (Å²) in [4.78, 5) is 2.79. The Hall–Kier alpha value is -0.860. The van der Waals surface area contributed by atoms with Crippen LogP contribution in [0.25, 0.3) is 0 Å². The number of hydrogen-bond acceptors (Lipinski definition) is 2. The van der Waals surface area contributed by atoms with Gasteiger partial charge in [-0.3, -0.25) is 4.90 Å². The molecular weight excluding hydrogens is 256 g/mol. The van der Waals surface area contributed by atoms with Crippen molar-refractivity contribution in [3.8, 4) is 0 Å². The van der Waals surface area contributed by atoms with Crippen LogP contribution in [0.4, 0.5) is 0 Å². The summed E-state index contributed by atoms with van der Waals surface area (Å²) in [5.41, 5.74) is 1.45. The summed E-state index contributed by atoms with van der Waals surface area (Å²) in [7, 11) is 0. The van der Waals surface area contributed by atoms with Crippen LogP contribution < -0.4 is 5.32 Å². The molecule has 1 N–H and O–H groups in total. The van der Waals surface area contributed by atoms with Gasteiger partial charge in [0.25, 0.3) is 0 Å². The molecule has 0 radical (unpaired) electrons. The lowest BCUT2D eigenvalue weighted by atomic mass is 9.93. The van der Waals surface area contributed by atoms with Crippen LogP contribution in [0.3, 0.4) is 0 Å². The Morgan fingerprint density at radius 3 is 2.48 bits per heavy atom. The van der Waals surface area contributed by atoms with Crippen molar-refractivity contribution in [3.05, 3.63) is 35.9 Å². The quantitative estimate of drug-likeness (QED) is 0.858. The lowest BCUT2D eigenvalue weighted by Crippen LogP contribution is -2.60. The number of nitrogens with zero attached hydrogens (tertiary/aromatic N) is 1. The zero-order chi connectivity index (χ0) is 15.2. The lowest BCUT2D eigenvalue weighted by molar-refractivity contribution is 0.0540. The summed E-state index contributed by atoms with van der Waals surface area (Å²) < 4.78 is 0. The maximum Gasteiger partial charge on any atom is 0.0236 e. The molecule has 0 amide bonds. The van der Waals surface area contributed by atoms with E-state index < -0.39 is 0 Å². The Kier molecular flexibility index (Phi) is 6.25. The van der Waals surface area contributed by atoms with E-state index >= 15 is 0 Å². The van der Waals surface area contributed by atoms with E-state index in [1.807, 2.05) is 0 Å². The molecule has 0 aromatic heterocycles. The van der Waals surface area contributed by atoms with Gasteiger partial charge in [-0.25, -0.2) is 0 Å². The van der Waals surface area contributed by atoms with Gasteiger partial charge in [0.2, 0.25) is 0 Å². The first-order chi connectivity index (χ1) is 10.2. The Labute approximate surface area is 130 Å². The maximum absolute atomic E-state index is 3.77. The second-order valence-corrected chi connectivity index (χ2v) is 6.77. The fourth-order valence-corrected chi connectivity index (χ4v) is 3.80. The van der Waals surface area contributed by atoms with Gasteiger partial charge in [0.1, 0.15) is 0 Å². The van der Waals surface area contributed by atoms with Crippen LogP contribution in [-0.4, -0.2) is 36.1 Å². The van der Waals surface area contributed by atoms with Crippen molar-refractivity contribution in [1.82, 2.24) is 10.2 Å². The highest BCUT2D eigenvalue weighted by atomic mass is 15.3. The first kappa shape index (κ1) is 16.5. The standard InChI is InChI=1S/C19H32N2/c1-5-18-13-20-17(12-16-10-8-7-9-11-16)14-21(18)19(6-2)15(3)4/h7-11,15,17-20H,5-6,12-14H2,1-4H3. The predicted molar refractivity (Wildman–Crippen MR) is 91.6 cm³/mol. The number of piperazine rings is 1. The van der Waals surface area contributed by atoms with E-state index in [4.69, 9.17) is 0 Å². The van der Waals surface area contributed by atoms with E-state index in [0.717, 1.165) is 24.9 Å². The van der Waals surface area contributed by atoms with E-state index in [1.54, 1.807) is 0 Å². The Morgan fingerprint density at radius 2 is 1.90 bits per heavy atom. The number of benzene rings is 1. The molecule has 3 atom stereocenters. The van der Waals surface area contributed by atoms with Crippen LogP contribution in [0.5, 0.6) is 0 Å². The zero-order valence-corrected chi connectivity index (χ0v) is 14.2. The van der Waals surface area contributed by atoms with Gasteiger partial charge < -0.3 is 5.32 Å². The third-order valence-corrected chi connectivity index (χ3v) is 4.95. The van der Waals surface area contributed by atoms with Crippen LogP contribution in [0, 0.1) is 5.92 Å². The van der Waals surface area contributed by atoms with Gasteiger partial charge in [0.05, 0.1) is 0 Å². The van der Waals surface area contributed by atoms with Gasteiger partial charge in [-0.1, -0.05) is 58.0 Å². The summed E-state index contributed by atoms with van der Waals surface area (Å²) in [5.74, 6) is 0.736. The highest BCUT2D eigenvalue weighted by Crippen LogP contribution is 2.22. The normalized spacial score (nSPS) is 25.2. The molecule has 1 fully saturated rings. The topological polar surface area (TPSA) is 15.3 Å². The van der Waals surface area contributed by atoms with Crippen LogP contribution in [-0.2, 0) is 6.42 Å². The Balaban J connectivity index is 2.04. The molecule has 2 heteroatoms. The van der Waals surface area contributed by atoms with E-state index in [9.17, 15) is 0 Å².